The van der Waals surface area contributed by atoms with Gasteiger partial charge < -0.3 is 15.5 Å². The molecule has 0 saturated heterocycles. The summed E-state index contributed by atoms with van der Waals surface area (Å²) in [7, 11) is 0. The van der Waals surface area contributed by atoms with Gasteiger partial charge in [-0.15, -0.1) is 11.3 Å². The van der Waals surface area contributed by atoms with Gasteiger partial charge in [0.1, 0.15) is 12.3 Å². The number of hydrogen-bond acceptors (Lipinski definition) is 7. The second-order valence-corrected chi connectivity index (χ2v) is 16.3. The predicted octanol–water partition coefficient (Wildman–Crippen LogP) is 8.01. The molecule has 1 amide bonds. The van der Waals surface area contributed by atoms with Crippen LogP contribution in [-0.4, -0.2) is 50.4 Å². The highest BCUT2D eigenvalue weighted by Crippen LogP contribution is 2.42. The molecule has 0 bridgehead atoms. The van der Waals surface area contributed by atoms with Gasteiger partial charge in [0.15, 0.2) is 5.82 Å². The first-order chi connectivity index (χ1) is 23.4. The second kappa shape index (κ2) is 16.5. The minimum absolute atomic E-state index is 0.0875. The molecule has 1 fully saturated rings. The SMILES string of the molecule is CCCC1CCC(C2CC=C(c3cnc(-c4ccc(C[C@H](NC(=O)c5ccc(C(C)(C)C)s5)C(O)N[C@H](C)C(=O)O)cc4)nc3)CC2)CC1. The number of carboxylic acid groups (broad SMARTS) is 1. The van der Waals surface area contributed by atoms with Crippen molar-refractivity contribution in [2.24, 2.45) is 17.8 Å². The molecule has 2 aromatic heterocycles. The summed E-state index contributed by atoms with van der Waals surface area (Å²) in [5.41, 5.74) is 4.11. The number of carboxylic acids is 1. The first-order valence-electron chi connectivity index (χ1n) is 18.1. The summed E-state index contributed by atoms with van der Waals surface area (Å²) < 4.78 is 0. The van der Waals surface area contributed by atoms with Crippen molar-refractivity contribution in [3.05, 3.63) is 75.7 Å². The number of amides is 1. The molecule has 2 unspecified atom stereocenters. The van der Waals surface area contributed by atoms with Gasteiger partial charge in [-0.25, -0.2) is 9.97 Å². The van der Waals surface area contributed by atoms with E-state index < -0.39 is 24.3 Å². The lowest BCUT2D eigenvalue weighted by molar-refractivity contribution is -0.140. The van der Waals surface area contributed by atoms with E-state index in [1.807, 2.05) is 42.7 Å². The van der Waals surface area contributed by atoms with Crippen LogP contribution in [-0.2, 0) is 16.6 Å². The Labute approximate surface area is 295 Å². The molecule has 264 valence electrons. The zero-order valence-electron chi connectivity index (χ0n) is 29.7. The van der Waals surface area contributed by atoms with Crippen molar-refractivity contribution in [2.75, 3.05) is 0 Å². The zero-order chi connectivity index (χ0) is 35.1. The van der Waals surface area contributed by atoms with Gasteiger partial charge in [-0.05, 0) is 91.9 Å². The number of aliphatic hydroxyl groups is 1. The predicted molar refractivity (Wildman–Crippen MR) is 197 cm³/mol. The third-order valence-corrected chi connectivity index (χ3v) is 12.0. The fourth-order valence-electron chi connectivity index (χ4n) is 7.38. The number of aliphatic carboxylic acids is 1. The molecule has 3 aromatic rings. The highest BCUT2D eigenvalue weighted by molar-refractivity contribution is 7.14. The van der Waals surface area contributed by atoms with Crippen molar-refractivity contribution in [3.8, 4) is 11.4 Å². The lowest BCUT2D eigenvalue weighted by Gasteiger charge is -2.35. The van der Waals surface area contributed by atoms with Gasteiger partial charge in [0, 0.05) is 28.4 Å². The Hall–Kier alpha value is -3.40. The van der Waals surface area contributed by atoms with Crippen LogP contribution in [0.2, 0.25) is 0 Å². The van der Waals surface area contributed by atoms with E-state index in [2.05, 4.69) is 44.4 Å². The Bertz CT molecular complexity index is 1570. The maximum atomic E-state index is 13.2. The van der Waals surface area contributed by atoms with E-state index in [0.29, 0.717) is 17.1 Å². The Balaban J connectivity index is 1.21. The number of benzene rings is 1. The Morgan fingerprint density at radius 2 is 1.65 bits per heavy atom. The number of carbonyl (C=O) groups is 2. The van der Waals surface area contributed by atoms with Gasteiger partial charge in [-0.3, -0.25) is 14.9 Å². The van der Waals surface area contributed by atoms with E-state index in [-0.39, 0.29) is 11.3 Å². The van der Waals surface area contributed by atoms with Crippen molar-refractivity contribution in [1.82, 2.24) is 20.6 Å². The van der Waals surface area contributed by atoms with Gasteiger partial charge in [0.05, 0.1) is 10.9 Å². The summed E-state index contributed by atoms with van der Waals surface area (Å²) in [5.74, 6) is 1.90. The lowest BCUT2D eigenvalue weighted by atomic mass is 9.70. The van der Waals surface area contributed by atoms with Crippen LogP contribution in [0.1, 0.15) is 118 Å². The topological polar surface area (TPSA) is 124 Å². The van der Waals surface area contributed by atoms with Crippen LogP contribution in [0.15, 0.2) is 54.9 Å². The average molecular weight is 687 g/mol. The van der Waals surface area contributed by atoms with Gasteiger partial charge in [-0.1, -0.05) is 83.7 Å². The molecule has 1 aromatic carbocycles. The number of hydrogen-bond donors (Lipinski definition) is 4. The van der Waals surface area contributed by atoms with E-state index in [9.17, 15) is 19.8 Å². The monoisotopic (exact) mass is 686 g/mol. The van der Waals surface area contributed by atoms with Crippen molar-refractivity contribution < 1.29 is 19.8 Å². The molecule has 8 nitrogen and oxygen atoms in total. The number of carbonyl (C=O) groups excluding carboxylic acids is 1. The zero-order valence-corrected chi connectivity index (χ0v) is 30.6. The van der Waals surface area contributed by atoms with Crippen molar-refractivity contribution in [2.45, 2.75) is 123 Å². The van der Waals surface area contributed by atoms with Crippen LogP contribution in [0, 0.1) is 17.8 Å². The summed E-state index contributed by atoms with van der Waals surface area (Å²) in [6, 6.07) is 9.73. The number of nitrogens with zero attached hydrogens (tertiary/aromatic N) is 2. The maximum Gasteiger partial charge on any atom is 0.320 e. The Morgan fingerprint density at radius 3 is 2.22 bits per heavy atom. The molecular formula is C40H54N4O4S. The minimum Gasteiger partial charge on any atom is -0.480 e. The number of thiophene rings is 1. The van der Waals surface area contributed by atoms with Crippen LogP contribution in [0.5, 0.6) is 0 Å². The van der Waals surface area contributed by atoms with Gasteiger partial charge >= 0.3 is 5.97 Å². The number of nitrogens with one attached hydrogen (secondary N) is 2. The van der Waals surface area contributed by atoms with Crippen LogP contribution in [0.3, 0.4) is 0 Å². The van der Waals surface area contributed by atoms with Gasteiger partial charge in [0.2, 0.25) is 0 Å². The largest absolute Gasteiger partial charge is 0.480 e. The fraction of sp³-hybridized carbons (Fsp3) is 0.550. The third kappa shape index (κ3) is 9.86. The second-order valence-electron chi connectivity index (χ2n) is 15.2. The molecule has 4 atom stereocenters. The van der Waals surface area contributed by atoms with Gasteiger partial charge in [-0.2, -0.15) is 0 Å². The fourth-order valence-corrected chi connectivity index (χ4v) is 8.34. The normalized spacial score (nSPS) is 21.8. The molecule has 9 heteroatoms. The molecule has 49 heavy (non-hydrogen) atoms. The number of allylic oxidation sites excluding steroid dienone is 2. The Morgan fingerprint density at radius 1 is 0.959 bits per heavy atom. The van der Waals surface area contributed by atoms with Crippen molar-refractivity contribution in [1.29, 1.82) is 0 Å². The molecule has 0 aliphatic heterocycles. The quantitative estimate of drug-likeness (QED) is 0.134. The van der Waals surface area contributed by atoms with E-state index in [4.69, 9.17) is 9.97 Å². The minimum atomic E-state index is -1.28. The summed E-state index contributed by atoms with van der Waals surface area (Å²) in [6.45, 7) is 10.0. The maximum absolute atomic E-state index is 13.2. The van der Waals surface area contributed by atoms with Crippen molar-refractivity contribution in [3.63, 3.8) is 0 Å². The molecule has 2 aliphatic carbocycles. The summed E-state index contributed by atoms with van der Waals surface area (Å²) in [5, 5.41) is 26.0. The number of aromatic nitrogens is 2. The van der Waals surface area contributed by atoms with E-state index in [1.54, 1.807) is 6.07 Å². The standard InChI is InChI=1S/C40H54N4O4S/c1-6-7-26-8-12-28(13-9-26)29-16-18-30(19-17-29)32-23-41-36(42-24-32)31-14-10-27(11-15-31)22-33(37(45)43-25(2)39(47)48)44-38(46)34-20-21-35(49-34)40(3,4)5/h10-11,14-15,18,20-21,23-26,28-29,33,37,43,45H,6-9,12-13,16-17,19,22H2,1-5H3,(H,44,46)(H,47,48)/t25-,26?,28?,29?,33+,37?/m1/s1. The van der Waals surface area contributed by atoms with Crippen LogP contribution in [0.25, 0.3) is 17.0 Å². The molecule has 0 spiro atoms. The third-order valence-electron chi connectivity index (χ3n) is 10.5. The lowest BCUT2D eigenvalue weighted by Crippen LogP contribution is -2.54. The molecule has 1 saturated carbocycles. The summed E-state index contributed by atoms with van der Waals surface area (Å²) in [4.78, 5) is 35.7. The highest BCUT2D eigenvalue weighted by atomic mass is 32.1. The van der Waals surface area contributed by atoms with Crippen molar-refractivity contribution >= 4 is 28.8 Å². The van der Waals surface area contributed by atoms with Crippen LogP contribution < -0.4 is 10.6 Å². The van der Waals surface area contributed by atoms with E-state index in [1.165, 1.54) is 68.8 Å². The van der Waals surface area contributed by atoms with Crippen LogP contribution in [0.4, 0.5) is 0 Å². The molecule has 5 rings (SSSR count). The summed E-state index contributed by atoms with van der Waals surface area (Å²) >= 11 is 1.42. The van der Waals surface area contributed by atoms with E-state index >= 15 is 0 Å². The number of rotatable bonds is 13. The van der Waals surface area contributed by atoms with Crippen LogP contribution >= 0.6 is 11.3 Å². The first kappa shape index (κ1) is 36.9. The van der Waals surface area contributed by atoms with Gasteiger partial charge in [0.25, 0.3) is 5.91 Å². The molecule has 0 radical (unpaired) electrons. The van der Waals surface area contributed by atoms with E-state index in [0.717, 1.165) is 52.2 Å². The average Bonchev–Trinajstić information content (AvgIpc) is 3.61. The number of aliphatic hydroxyl groups excluding tert-OH is 1. The molecular weight excluding hydrogens is 633 g/mol. The molecule has 2 heterocycles. The summed E-state index contributed by atoms with van der Waals surface area (Å²) in [6.07, 6.45) is 17.2. The smallest absolute Gasteiger partial charge is 0.320 e. The molecule has 4 N–H and O–H groups in total. The molecule has 2 aliphatic rings. The Kier molecular flexibility index (Phi) is 12.4. The highest BCUT2D eigenvalue weighted by Gasteiger charge is 2.29. The first-order valence-corrected chi connectivity index (χ1v) is 18.9.